The van der Waals surface area contributed by atoms with Crippen molar-refractivity contribution in [1.82, 2.24) is 9.97 Å². The molecule has 0 radical (unpaired) electrons. The molecule has 1 aromatic carbocycles. The molecule has 7 nitrogen and oxygen atoms in total. The number of nitro groups is 1. The number of aromatic amines is 1. The van der Waals surface area contributed by atoms with Crippen molar-refractivity contribution in [3.8, 4) is 11.6 Å². The summed E-state index contributed by atoms with van der Waals surface area (Å²) in [6, 6.07) is 5.60. The molecular formula is C10H6BrN3O4. The Morgan fingerprint density at radius 1 is 1.44 bits per heavy atom. The van der Waals surface area contributed by atoms with Gasteiger partial charge in [0.1, 0.15) is 10.2 Å². The number of halogens is 1. The first-order valence-corrected chi connectivity index (χ1v) is 5.52. The van der Waals surface area contributed by atoms with E-state index in [0.717, 1.165) is 0 Å². The van der Waals surface area contributed by atoms with E-state index in [9.17, 15) is 14.9 Å². The lowest BCUT2D eigenvalue weighted by Gasteiger charge is -2.04. The zero-order chi connectivity index (χ0) is 13.1. The SMILES string of the molecule is O=c1[nH]cnc(Oc2cccc([N+](=O)[O-])c2)c1Br. The molecule has 0 bridgehead atoms. The summed E-state index contributed by atoms with van der Waals surface area (Å²) in [5.74, 6) is 0.266. The molecule has 1 N–H and O–H groups in total. The maximum atomic E-state index is 11.3. The molecule has 18 heavy (non-hydrogen) atoms. The van der Waals surface area contributed by atoms with Gasteiger partial charge in [0.25, 0.3) is 11.2 Å². The van der Waals surface area contributed by atoms with Crippen LogP contribution in [0.2, 0.25) is 0 Å². The number of H-pyrrole nitrogens is 1. The van der Waals surface area contributed by atoms with Crippen LogP contribution in [0.1, 0.15) is 0 Å². The largest absolute Gasteiger partial charge is 0.437 e. The number of nitrogens with zero attached hydrogens (tertiary/aromatic N) is 2. The smallest absolute Gasteiger partial charge is 0.273 e. The van der Waals surface area contributed by atoms with Crippen molar-refractivity contribution in [2.75, 3.05) is 0 Å². The summed E-state index contributed by atoms with van der Waals surface area (Å²) in [5, 5.41) is 10.6. The van der Waals surface area contributed by atoms with Gasteiger partial charge in [-0.05, 0) is 22.0 Å². The summed E-state index contributed by atoms with van der Waals surface area (Å²) in [4.78, 5) is 27.5. The van der Waals surface area contributed by atoms with Gasteiger partial charge in [-0.25, -0.2) is 4.98 Å². The first-order valence-electron chi connectivity index (χ1n) is 4.73. The highest BCUT2D eigenvalue weighted by molar-refractivity contribution is 9.10. The first-order chi connectivity index (χ1) is 8.58. The maximum absolute atomic E-state index is 11.3. The summed E-state index contributed by atoms with van der Waals surface area (Å²) in [6.45, 7) is 0. The van der Waals surface area contributed by atoms with Crippen LogP contribution in [0, 0.1) is 10.1 Å². The molecule has 2 aromatic rings. The predicted octanol–water partition coefficient (Wildman–Crippen LogP) is 2.23. The fraction of sp³-hybridized carbons (Fsp3) is 0. The number of nitro benzene ring substituents is 1. The second-order valence-electron chi connectivity index (χ2n) is 3.21. The second kappa shape index (κ2) is 4.96. The maximum Gasteiger partial charge on any atom is 0.273 e. The van der Waals surface area contributed by atoms with Crippen molar-refractivity contribution >= 4 is 21.6 Å². The average Bonchev–Trinajstić information content (AvgIpc) is 2.35. The lowest BCUT2D eigenvalue weighted by atomic mass is 10.3. The van der Waals surface area contributed by atoms with Crippen LogP contribution >= 0.6 is 15.9 Å². The zero-order valence-corrected chi connectivity index (χ0v) is 10.4. The fourth-order valence-corrected chi connectivity index (χ4v) is 1.51. The van der Waals surface area contributed by atoms with E-state index in [-0.39, 0.29) is 21.8 Å². The van der Waals surface area contributed by atoms with Crippen molar-refractivity contribution in [1.29, 1.82) is 0 Å². The van der Waals surface area contributed by atoms with Crippen LogP contribution in [0.25, 0.3) is 0 Å². The van der Waals surface area contributed by atoms with Crippen molar-refractivity contribution in [2.24, 2.45) is 0 Å². The minimum absolute atomic E-state index is 0.0410. The minimum atomic E-state index is -0.535. The number of hydrogen-bond donors (Lipinski definition) is 1. The van der Waals surface area contributed by atoms with Crippen LogP contribution in [0.4, 0.5) is 5.69 Å². The van der Waals surface area contributed by atoms with E-state index in [1.54, 1.807) is 0 Å². The monoisotopic (exact) mass is 311 g/mol. The van der Waals surface area contributed by atoms with Gasteiger partial charge in [-0.1, -0.05) is 6.07 Å². The van der Waals surface area contributed by atoms with Crippen LogP contribution in [0.5, 0.6) is 11.6 Å². The Kier molecular flexibility index (Phi) is 3.38. The van der Waals surface area contributed by atoms with Gasteiger partial charge in [0, 0.05) is 6.07 Å². The lowest BCUT2D eigenvalue weighted by Crippen LogP contribution is -2.08. The Bertz CT molecular complexity index is 656. The molecule has 0 fully saturated rings. The Balaban J connectivity index is 2.34. The Morgan fingerprint density at radius 3 is 2.94 bits per heavy atom. The molecule has 0 amide bonds. The molecule has 92 valence electrons. The highest BCUT2D eigenvalue weighted by Crippen LogP contribution is 2.26. The lowest BCUT2D eigenvalue weighted by molar-refractivity contribution is -0.384. The van der Waals surface area contributed by atoms with Gasteiger partial charge in [-0.2, -0.15) is 0 Å². The van der Waals surface area contributed by atoms with E-state index < -0.39 is 10.5 Å². The number of aromatic nitrogens is 2. The normalized spacial score (nSPS) is 10.1. The van der Waals surface area contributed by atoms with E-state index >= 15 is 0 Å². The summed E-state index contributed by atoms with van der Waals surface area (Å²) in [6.07, 6.45) is 1.18. The molecule has 2 rings (SSSR count). The summed E-state index contributed by atoms with van der Waals surface area (Å²) >= 11 is 3.02. The standard InChI is InChI=1S/C10H6BrN3O4/c11-8-9(15)12-5-13-10(8)18-7-3-1-2-6(4-7)14(16)17/h1-5H,(H,12,13,15). The Labute approximate surface area is 109 Å². The molecule has 0 unspecified atom stereocenters. The predicted molar refractivity (Wildman–Crippen MR) is 65.7 cm³/mol. The van der Waals surface area contributed by atoms with Crippen LogP contribution < -0.4 is 10.3 Å². The van der Waals surface area contributed by atoms with E-state index in [2.05, 4.69) is 25.9 Å². The third-order valence-electron chi connectivity index (χ3n) is 2.01. The molecule has 0 spiro atoms. The van der Waals surface area contributed by atoms with Crippen molar-refractivity contribution in [3.05, 3.63) is 55.5 Å². The number of ether oxygens (including phenoxy) is 1. The van der Waals surface area contributed by atoms with E-state index in [0.29, 0.717) is 0 Å². The molecule has 0 aliphatic heterocycles. The van der Waals surface area contributed by atoms with Crippen LogP contribution in [0.3, 0.4) is 0 Å². The number of benzene rings is 1. The summed E-state index contributed by atoms with van der Waals surface area (Å²) < 4.78 is 5.42. The van der Waals surface area contributed by atoms with E-state index in [1.807, 2.05) is 0 Å². The summed E-state index contributed by atoms with van der Waals surface area (Å²) in [5.41, 5.74) is -0.501. The van der Waals surface area contributed by atoms with E-state index in [1.165, 1.54) is 30.6 Å². The molecule has 0 saturated carbocycles. The minimum Gasteiger partial charge on any atom is -0.437 e. The number of non-ortho nitro benzene ring substituents is 1. The van der Waals surface area contributed by atoms with Gasteiger partial charge in [-0.15, -0.1) is 0 Å². The van der Waals surface area contributed by atoms with Gasteiger partial charge in [0.2, 0.25) is 5.88 Å². The third-order valence-corrected chi connectivity index (χ3v) is 2.71. The molecule has 0 atom stereocenters. The second-order valence-corrected chi connectivity index (χ2v) is 4.00. The van der Waals surface area contributed by atoms with Crippen molar-refractivity contribution < 1.29 is 9.66 Å². The fourth-order valence-electron chi connectivity index (χ4n) is 1.21. The Morgan fingerprint density at radius 2 is 2.22 bits per heavy atom. The van der Waals surface area contributed by atoms with Crippen LogP contribution in [0.15, 0.2) is 39.9 Å². The topological polar surface area (TPSA) is 98.1 Å². The zero-order valence-electron chi connectivity index (χ0n) is 8.79. The van der Waals surface area contributed by atoms with Crippen molar-refractivity contribution in [3.63, 3.8) is 0 Å². The first kappa shape index (κ1) is 12.2. The molecule has 0 saturated heterocycles. The van der Waals surface area contributed by atoms with Gasteiger partial charge in [0.05, 0.1) is 17.3 Å². The molecule has 1 aromatic heterocycles. The van der Waals surface area contributed by atoms with Gasteiger partial charge < -0.3 is 9.72 Å². The average molecular weight is 312 g/mol. The molecule has 0 aliphatic rings. The van der Waals surface area contributed by atoms with Gasteiger partial charge in [0.15, 0.2) is 0 Å². The van der Waals surface area contributed by atoms with E-state index in [4.69, 9.17) is 4.74 Å². The quantitative estimate of drug-likeness (QED) is 0.692. The van der Waals surface area contributed by atoms with Crippen LogP contribution in [-0.4, -0.2) is 14.9 Å². The number of rotatable bonds is 3. The molecule has 1 heterocycles. The molecular weight excluding hydrogens is 306 g/mol. The van der Waals surface area contributed by atoms with Gasteiger partial charge in [-0.3, -0.25) is 14.9 Å². The van der Waals surface area contributed by atoms with Crippen molar-refractivity contribution in [2.45, 2.75) is 0 Å². The molecule has 8 heteroatoms. The number of hydrogen-bond acceptors (Lipinski definition) is 5. The summed E-state index contributed by atoms with van der Waals surface area (Å²) in [7, 11) is 0. The van der Waals surface area contributed by atoms with Gasteiger partial charge >= 0.3 is 0 Å². The molecule has 0 aliphatic carbocycles. The Hall–Kier alpha value is -2.22. The van der Waals surface area contributed by atoms with Crippen LogP contribution in [-0.2, 0) is 0 Å². The third kappa shape index (κ3) is 2.54. The highest BCUT2D eigenvalue weighted by Gasteiger charge is 2.10. The number of nitrogens with one attached hydrogen (secondary N) is 1. The highest BCUT2D eigenvalue weighted by atomic mass is 79.9.